The number of nitrogens with one attached hydrogen (secondary N) is 1. The molecule has 1 saturated heterocycles. The number of likely N-dealkylation sites (N-methyl/N-ethyl adjacent to an activating group) is 1. The molecule has 3 nitrogen and oxygen atoms in total. The molecule has 0 bridgehead atoms. The average Bonchev–Trinajstić information content (AvgIpc) is 2.77. The topological polar surface area (TPSA) is 32.3 Å². The lowest BCUT2D eigenvalue weighted by molar-refractivity contribution is 0.0736. The summed E-state index contributed by atoms with van der Waals surface area (Å²) in [6.07, 6.45) is 2.04. The highest BCUT2D eigenvalue weighted by Gasteiger charge is 2.28. The van der Waals surface area contributed by atoms with Crippen molar-refractivity contribution in [3.05, 3.63) is 35.6 Å². The summed E-state index contributed by atoms with van der Waals surface area (Å²) < 4.78 is 13.1. The Hall–Kier alpha value is -1.13. The van der Waals surface area contributed by atoms with Crippen LogP contribution in [0.3, 0.4) is 0 Å². The van der Waals surface area contributed by atoms with Crippen LogP contribution in [0.25, 0.3) is 0 Å². The van der Waals surface area contributed by atoms with Gasteiger partial charge in [-0.3, -0.25) is 4.79 Å². The average molecular weight is 273 g/mol. The highest BCUT2D eigenvalue weighted by molar-refractivity contribution is 5.94. The summed E-state index contributed by atoms with van der Waals surface area (Å²) in [5, 5.41) is 3.09. The van der Waals surface area contributed by atoms with E-state index in [2.05, 4.69) is 5.32 Å². The molecule has 0 spiro atoms. The zero-order valence-electron chi connectivity index (χ0n) is 10.4. The second kappa shape index (κ2) is 6.71. The maximum Gasteiger partial charge on any atom is 0.254 e. The first kappa shape index (κ1) is 14.9. The van der Waals surface area contributed by atoms with Gasteiger partial charge in [-0.05, 0) is 38.1 Å². The molecule has 0 saturated carbocycles. The molecule has 18 heavy (non-hydrogen) atoms. The van der Waals surface area contributed by atoms with E-state index in [1.807, 2.05) is 11.9 Å². The van der Waals surface area contributed by atoms with Crippen molar-refractivity contribution >= 4 is 18.3 Å². The van der Waals surface area contributed by atoms with E-state index in [0.29, 0.717) is 5.56 Å². The van der Waals surface area contributed by atoms with Crippen LogP contribution in [0.1, 0.15) is 23.2 Å². The van der Waals surface area contributed by atoms with Gasteiger partial charge in [-0.25, -0.2) is 4.39 Å². The Morgan fingerprint density at radius 3 is 3.00 bits per heavy atom. The van der Waals surface area contributed by atoms with E-state index in [9.17, 15) is 9.18 Å². The fourth-order valence-electron chi connectivity index (χ4n) is 2.34. The second-order valence-corrected chi connectivity index (χ2v) is 4.36. The molecule has 2 rings (SSSR count). The summed E-state index contributed by atoms with van der Waals surface area (Å²) in [5.41, 5.74) is 0.438. The standard InChI is InChI=1S/C13H17FN2O.ClH/c1-15-9-12-6-3-7-16(12)13(17)10-4-2-5-11(14)8-10;/h2,4-5,8,12,15H,3,6-7,9H2,1H3;1H. The number of nitrogens with zero attached hydrogens (tertiary/aromatic N) is 1. The van der Waals surface area contributed by atoms with Crippen molar-refractivity contribution in [1.82, 2.24) is 10.2 Å². The number of carbonyl (C=O) groups excluding carboxylic acids is 1. The van der Waals surface area contributed by atoms with Gasteiger partial charge >= 0.3 is 0 Å². The van der Waals surface area contributed by atoms with Gasteiger partial charge in [0.2, 0.25) is 0 Å². The number of benzene rings is 1. The number of hydrogen-bond donors (Lipinski definition) is 1. The largest absolute Gasteiger partial charge is 0.334 e. The molecular formula is C13H18ClFN2O. The first-order valence-electron chi connectivity index (χ1n) is 5.93. The maximum atomic E-state index is 13.1. The van der Waals surface area contributed by atoms with Crippen LogP contribution in [-0.2, 0) is 0 Å². The van der Waals surface area contributed by atoms with Crippen LogP contribution in [0.2, 0.25) is 0 Å². The number of halogens is 2. The van der Waals surface area contributed by atoms with E-state index < -0.39 is 0 Å². The van der Waals surface area contributed by atoms with Crippen LogP contribution in [0.5, 0.6) is 0 Å². The second-order valence-electron chi connectivity index (χ2n) is 4.36. The van der Waals surface area contributed by atoms with Crippen molar-refractivity contribution in [3.8, 4) is 0 Å². The van der Waals surface area contributed by atoms with Gasteiger partial charge in [-0.1, -0.05) is 6.07 Å². The van der Waals surface area contributed by atoms with E-state index in [0.717, 1.165) is 25.9 Å². The molecule has 1 heterocycles. The third-order valence-corrected chi connectivity index (χ3v) is 3.15. The summed E-state index contributed by atoms with van der Waals surface area (Å²) in [6.45, 7) is 1.56. The van der Waals surface area contributed by atoms with Crippen molar-refractivity contribution < 1.29 is 9.18 Å². The molecule has 1 aromatic carbocycles. The fraction of sp³-hybridized carbons (Fsp3) is 0.462. The highest BCUT2D eigenvalue weighted by Crippen LogP contribution is 2.19. The first-order chi connectivity index (χ1) is 8.22. The molecule has 1 amide bonds. The molecule has 0 aliphatic carbocycles. The molecule has 100 valence electrons. The lowest BCUT2D eigenvalue weighted by atomic mass is 10.1. The summed E-state index contributed by atoms with van der Waals surface area (Å²) >= 11 is 0. The Morgan fingerprint density at radius 2 is 2.33 bits per heavy atom. The van der Waals surface area contributed by atoms with Gasteiger partial charge in [0.25, 0.3) is 5.91 Å². The van der Waals surface area contributed by atoms with Gasteiger partial charge in [0, 0.05) is 24.7 Å². The predicted octanol–water partition coefficient (Wildman–Crippen LogP) is 2.07. The van der Waals surface area contributed by atoms with Crippen LogP contribution < -0.4 is 5.32 Å². The Balaban J connectivity index is 0.00000162. The van der Waals surface area contributed by atoms with Gasteiger partial charge in [-0.15, -0.1) is 12.4 Å². The minimum atomic E-state index is -0.361. The third-order valence-electron chi connectivity index (χ3n) is 3.15. The molecule has 1 aliphatic heterocycles. The van der Waals surface area contributed by atoms with Gasteiger partial charge in [0.15, 0.2) is 0 Å². The molecular weight excluding hydrogens is 255 g/mol. The highest BCUT2D eigenvalue weighted by atomic mass is 35.5. The van der Waals surface area contributed by atoms with Crippen LogP contribution in [-0.4, -0.2) is 37.0 Å². The summed E-state index contributed by atoms with van der Waals surface area (Å²) in [7, 11) is 1.88. The van der Waals surface area contributed by atoms with Gasteiger partial charge in [0.05, 0.1) is 0 Å². The number of rotatable bonds is 3. The molecule has 0 aromatic heterocycles. The first-order valence-corrected chi connectivity index (χ1v) is 5.93. The Labute approximate surface area is 113 Å². The normalized spacial score (nSPS) is 18.6. The molecule has 0 radical (unpaired) electrons. The van der Waals surface area contributed by atoms with E-state index in [1.165, 1.54) is 12.1 Å². The minimum absolute atomic E-state index is 0. The lowest BCUT2D eigenvalue weighted by Gasteiger charge is -2.24. The molecule has 1 unspecified atom stereocenters. The van der Waals surface area contributed by atoms with Crippen molar-refractivity contribution in [2.24, 2.45) is 0 Å². The van der Waals surface area contributed by atoms with Crippen LogP contribution in [0.4, 0.5) is 4.39 Å². The van der Waals surface area contributed by atoms with Gasteiger partial charge in [0.1, 0.15) is 5.82 Å². The van der Waals surface area contributed by atoms with Crippen molar-refractivity contribution in [2.75, 3.05) is 20.1 Å². The van der Waals surface area contributed by atoms with E-state index in [4.69, 9.17) is 0 Å². The molecule has 1 aliphatic rings. The SMILES string of the molecule is CNCC1CCCN1C(=O)c1cccc(F)c1.Cl. The number of amides is 1. The van der Waals surface area contributed by atoms with Crippen LogP contribution >= 0.6 is 12.4 Å². The Bertz CT molecular complexity index is 414. The van der Waals surface area contributed by atoms with Crippen LogP contribution in [0.15, 0.2) is 24.3 Å². The fourth-order valence-corrected chi connectivity index (χ4v) is 2.34. The maximum absolute atomic E-state index is 13.1. The smallest absolute Gasteiger partial charge is 0.254 e. The van der Waals surface area contributed by atoms with E-state index in [-0.39, 0.29) is 30.2 Å². The summed E-state index contributed by atoms with van der Waals surface area (Å²) in [5.74, 6) is -0.428. The molecule has 1 fully saturated rings. The quantitative estimate of drug-likeness (QED) is 0.914. The molecule has 5 heteroatoms. The van der Waals surface area contributed by atoms with E-state index in [1.54, 1.807) is 12.1 Å². The molecule has 1 atom stereocenters. The zero-order valence-corrected chi connectivity index (χ0v) is 11.2. The van der Waals surface area contributed by atoms with Crippen molar-refractivity contribution in [1.29, 1.82) is 0 Å². The van der Waals surface area contributed by atoms with E-state index >= 15 is 0 Å². The minimum Gasteiger partial charge on any atom is -0.334 e. The summed E-state index contributed by atoms with van der Waals surface area (Å²) in [6, 6.07) is 6.13. The molecule has 1 aromatic rings. The predicted molar refractivity (Wildman–Crippen MR) is 71.6 cm³/mol. The van der Waals surface area contributed by atoms with Crippen molar-refractivity contribution in [3.63, 3.8) is 0 Å². The van der Waals surface area contributed by atoms with Crippen molar-refractivity contribution in [2.45, 2.75) is 18.9 Å². The van der Waals surface area contributed by atoms with Gasteiger partial charge in [-0.2, -0.15) is 0 Å². The Morgan fingerprint density at radius 1 is 1.56 bits per heavy atom. The zero-order chi connectivity index (χ0) is 12.3. The third kappa shape index (κ3) is 3.21. The number of hydrogen-bond acceptors (Lipinski definition) is 2. The molecule has 1 N–H and O–H groups in total. The van der Waals surface area contributed by atoms with Crippen LogP contribution in [0, 0.1) is 5.82 Å². The number of carbonyl (C=O) groups is 1. The summed E-state index contributed by atoms with van der Waals surface area (Å²) in [4.78, 5) is 14.1. The monoisotopic (exact) mass is 272 g/mol. The van der Waals surface area contributed by atoms with Gasteiger partial charge < -0.3 is 10.2 Å². The Kier molecular flexibility index (Phi) is 5.56. The number of likely N-dealkylation sites (tertiary alicyclic amines) is 1. The lowest BCUT2D eigenvalue weighted by Crippen LogP contribution is -2.40.